The zero-order valence-electron chi connectivity index (χ0n) is 15.6. The number of aromatic nitrogens is 2. The summed E-state index contributed by atoms with van der Waals surface area (Å²) in [5, 5.41) is 13.8. The number of likely N-dealkylation sites (N-methyl/N-ethyl adjacent to an activating group) is 1. The highest BCUT2D eigenvalue weighted by molar-refractivity contribution is 5.76. The van der Waals surface area contributed by atoms with Crippen LogP contribution in [-0.4, -0.2) is 45.2 Å². The lowest BCUT2D eigenvalue weighted by Crippen LogP contribution is -2.39. The molecule has 0 aliphatic carbocycles. The number of carbonyl (C=O) groups excluding carboxylic acids is 1. The van der Waals surface area contributed by atoms with E-state index in [4.69, 9.17) is 4.52 Å². The van der Waals surface area contributed by atoms with Gasteiger partial charge in [0.15, 0.2) is 0 Å². The summed E-state index contributed by atoms with van der Waals surface area (Å²) in [6.45, 7) is 7.92. The van der Waals surface area contributed by atoms with Gasteiger partial charge < -0.3 is 14.5 Å². The van der Waals surface area contributed by atoms with Crippen LogP contribution in [0.3, 0.4) is 0 Å². The molecule has 0 aliphatic heterocycles. The third-order valence-corrected chi connectivity index (χ3v) is 3.91. The number of rotatable bonds is 7. The van der Waals surface area contributed by atoms with Crippen LogP contribution in [0.5, 0.6) is 0 Å². The van der Waals surface area contributed by atoms with Gasteiger partial charge in [0, 0.05) is 32.0 Å². The summed E-state index contributed by atoms with van der Waals surface area (Å²) in [6.07, 6.45) is 0.645. The molecule has 0 saturated heterocycles. The predicted molar refractivity (Wildman–Crippen MR) is 96.1 cm³/mol. The minimum atomic E-state index is -0.912. The minimum Gasteiger partial charge on any atom is -0.389 e. The monoisotopic (exact) mass is 345 g/mol. The summed E-state index contributed by atoms with van der Waals surface area (Å²) in [4.78, 5) is 18.0. The zero-order valence-corrected chi connectivity index (χ0v) is 15.6. The Bertz CT molecular complexity index is 699. The smallest absolute Gasteiger partial charge is 0.227 e. The number of amides is 1. The molecule has 1 aromatic carbocycles. The van der Waals surface area contributed by atoms with Crippen molar-refractivity contribution in [2.24, 2.45) is 0 Å². The van der Waals surface area contributed by atoms with E-state index in [0.717, 1.165) is 5.56 Å². The molecule has 1 N–H and O–H groups in total. The van der Waals surface area contributed by atoms with Gasteiger partial charge in [-0.05, 0) is 25.3 Å². The minimum absolute atomic E-state index is 0.0665. The maximum absolute atomic E-state index is 12.1. The van der Waals surface area contributed by atoms with Crippen molar-refractivity contribution in [3.8, 4) is 11.4 Å². The fourth-order valence-electron chi connectivity index (χ4n) is 2.56. The molecule has 0 unspecified atom stereocenters. The van der Waals surface area contributed by atoms with E-state index in [9.17, 15) is 9.90 Å². The number of aliphatic hydroxyl groups is 1. The molecule has 1 amide bonds. The first-order valence-electron chi connectivity index (χ1n) is 8.55. The average molecular weight is 345 g/mol. The molecule has 1 heterocycles. The van der Waals surface area contributed by atoms with Crippen LogP contribution in [0, 0.1) is 0 Å². The van der Waals surface area contributed by atoms with Crippen LogP contribution < -0.4 is 0 Å². The first-order valence-corrected chi connectivity index (χ1v) is 8.55. The van der Waals surface area contributed by atoms with Crippen LogP contribution in [0.2, 0.25) is 0 Å². The molecule has 0 saturated carbocycles. The van der Waals surface area contributed by atoms with E-state index in [2.05, 4.69) is 36.1 Å². The molecule has 0 radical (unpaired) electrons. The van der Waals surface area contributed by atoms with Crippen molar-refractivity contribution in [2.75, 3.05) is 13.6 Å². The molecule has 2 aromatic rings. The van der Waals surface area contributed by atoms with E-state index in [0.29, 0.717) is 24.1 Å². The first kappa shape index (κ1) is 19.1. The van der Waals surface area contributed by atoms with Gasteiger partial charge in [-0.25, -0.2) is 0 Å². The molecule has 2 rings (SSSR count). The number of aryl methyl sites for hydroxylation is 1. The van der Waals surface area contributed by atoms with Gasteiger partial charge in [-0.1, -0.05) is 43.3 Å². The molecule has 0 bridgehead atoms. The third kappa shape index (κ3) is 5.67. The number of benzene rings is 1. The summed E-state index contributed by atoms with van der Waals surface area (Å²) in [6, 6.07) is 8.08. The lowest BCUT2D eigenvalue weighted by atomic mass is 10.0. The van der Waals surface area contributed by atoms with Crippen molar-refractivity contribution in [1.82, 2.24) is 15.0 Å². The molecule has 6 heteroatoms. The van der Waals surface area contributed by atoms with Crippen molar-refractivity contribution in [3.05, 3.63) is 35.7 Å². The van der Waals surface area contributed by atoms with Crippen LogP contribution in [0.25, 0.3) is 11.4 Å². The van der Waals surface area contributed by atoms with E-state index in [1.165, 1.54) is 10.5 Å². The normalized spacial score (nSPS) is 11.8. The molecular formula is C19H27N3O3. The van der Waals surface area contributed by atoms with E-state index in [1.807, 2.05) is 12.1 Å². The lowest BCUT2D eigenvalue weighted by molar-refractivity contribution is -0.132. The molecular weight excluding hydrogens is 318 g/mol. The van der Waals surface area contributed by atoms with E-state index >= 15 is 0 Å². The van der Waals surface area contributed by atoms with Gasteiger partial charge in [-0.15, -0.1) is 0 Å². The average Bonchev–Trinajstić information content (AvgIpc) is 3.00. The maximum Gasteiger partial charge on any atom is 0.227 e. The molecule has 0 fully saturated rings. The van der Waals surface area contributed by atoms with Crippen molar-refractivity contribution >= 4 is 5.91 Å². The third-order valence-electron chi connectivity index (χ3n) is 3.91. The summed E-state index contributed by atoms with van der Waals surface area (Å²) >= 11 is 0. The Morgan fingerprint density at radius 2 is 1.92 bits per heavy atom. The quantitative estimate of drug-likeness (QED) is 0.834. The summed E-state index contributed by atoms with van der Waals surface area (Å²) < 4.78 is 5.25. The second-order valence-electron chi connectivity index (χ2n) is 7.35. The van der Waals surface area contributed by atoms with Gasteiger partial charge in [-0.3, -0.25) is 4.79 Å². The van der Waals surface area contributed by atoms with Gasteiger partial charge in [0.2, 0.25) is 17.6 Å². The Balaban J connectivity index is 1.94. The summed E-state index contributed by atoms with van der Waals surface area (Å²) in [5.41, 5.74) is 1.24. The van der Waals surface area contributed by atoms with E-state index < -0.39 is 5.60 Å². The Kier molecular flexibility index (Phi) is 5.95. The van der Waals surface area contributed by atoms with Gasteiger partial charge in [0.25, 0.3) is 0 Å². The molecule has 6 nitrogen and oxygen atoms in total. The van der Waals surface area contributed by atoms with Crippen molar-refractivity contribution < 1.29 is 14.4 Å². The molecule has 0 aliphatic rings. The standard InChI is InChI=1S/C19H27N3O3/c1-13(2)14-6-8-15(9-7-14)18-20-16(25-21-18)10-11-17(23)22(5)12-19(3,4)24/h6-9,13,24H,10-12H2,1-5H3. The SMILES string of the molecule is CC(C)c1ccc(-c2noc(CCC(=O)N(C)CC(C)(C)O)n2)cc1. The fourth-order valence-corrected chi connectivity index (χ4v) is 2.56. The van der Waals surface area contributed by atoms with E-state index in [1.54, 1.807) is 20.9 Å². The highest BCUT2D eigenvalue weighted by Gasteiger charge is 2.20. The topological polar surface area (TPSA) is 79.5 Å². The van der Waals surface area contributed by atoms with Crippen LogP contribution in [0.15, 0.2) is 28.8 Å². The first-order chi connectivity index (χ1) is 11.7. The van der Waals surface area contributed by atoms with Crippen LogP contribution in [0.1, 0.15) is 51.5 Å². The highest BCUT2D eigenvalue weighted by atomic mass is 16.5. The van der Waals surface area contributed by atoms with Crippen molar-refractivity contribution in [3.63, 3.8) is 0 Å². The number of hydrogen-bond donors (Lipinski definition) is 1. The van der Waals surface area contributed by atoms with Crippen molar-refractivity contribution in [2.45, 2.75) is 52.1 Å². The summed E-state index contributed by atoms with van der Waals surface area (Å²) in [7, 11) is 1.68. The van der Waals surface area contributed by atoms with Gasteiger partial charge in [0.1, 0.15) is 0 Å². The van der Waals surface area contributed by atoms with Crippen LogP contribution >= 0.6 is 0 Å². The number of carbonyl (C=O) groups is 1. The number of nitrogens with zero attached hydrogens (tertiary/aromatic N) is 3. The fraction of sp³-hybridized carbons (Fsp3) is 0.526. The Morgan fingerprint density at radius 3 is 2.48 bits per heavy atom. The molecule has 1 aromatic heterocycles. The predicted octanol–water partition coefficient (Wildman–Crippen LogP) is 3.02. The largest absolute Gasteiger partial charge is 0.389 e. The van der Waals surface area contributed by atoms with Crippen LogP contribution in [0.4, 0.5) is 0 Å². The van der Waals surface area contributed by atoms with Gasteiger partial charge in [-0.2, -0.15) is 4.98 Å². The second kappa shape index (κ2) is 7.78. The lowest BCUT2D eigenvalue weighted by Gasteiger charge is -2.25. The van der Waals surface area contributed by atoms with E-state index in [-0.39, 0.29) is 18.9 Å². The number of hydrogen-bond acceptors (Lipinski definition) is 5. The molecule has 136 valence electrons. The Morgan fingerprint density at radius 1 is 1.28 bits per heavy atom. The highest BCUT2D eigenvalue weighted by Crippen LogP contribution is 2.20. The Hall–Kier alpha value is -2.21. The van der Waals surface area contributed by atoms with Gasteiger partial charge in [0.05, 0.1) is 5.60 Å². The van der Waals surface area contributed by atoms with Gasteiger partial charge >= 0.3 is 0 Å². The maximum atomic E-state index is 12.1. The Labute approximate surface area is 148 Å². The second-order valence-corrected chi connectivity index (χ2v) is 7.35. The summed E-state index contributed by atoms with van der Waals surface area (Å²) in [5.74, 6) is 1.38. The molecule has 0 spiro atoms. The molecule has 0 atom stereocenters. The molecule has 25 heavy (non-hydrogen) atoms. The van der Waals surface area contributed by atoms with Crippen LogP contribution in [-0.2, 0) is 11.2 Å². The van der Waals surface area contributed by atoms with Crippen molar-refractivity contribution in [1.29, 1.82) is 0 Å². The zero-order chi connectivity index (χ0) is 18.6.